The van der Waals surface area contributed by atoms with Gasteiger partial charge in [0.05, 0.1) is 29.1 Å². The molecule has 26 heavy (non-hydrogen) atoms. The first-order valence-corrected chi connectivity index (χ1v) is 9.65. The summed E-state index contributed by atoms with van der Waals surface area (Å²) in [5.74, 6) is 1.34. The third-order valence-corrected chi connectivity index (χ3v) is 5.75. The van der Waals surface area contributed by atoms with Crippen molar-refractivity contribution in [1.82, 2.24) is 15.3 Å². The molecule has 0 radical (unpaired) electrons. The van der Waals surface area contributed by atoms with Crippen LogP contribution in [0, 0.1) is 12.8 Å². The molecule has 0 unspecified atom stereocenters. The van der Waals surface area contributed by atoms with Crippen LogP contribution in [0.15, 0.2) is 18.3 Å². The Hall–Kier alpha value is -2.48. The third kappa shape index (κ3) is 3.85. The number of piperazine rings is 1. The number of aromatic nitrogens is 2. The van der Waals surface area contributed by atoms with Gasteiger partial charge in [-0.1, -0.05) is 0 Å². The van der Waals surface area contributed by atoms with Gasteiger partial charge in [0.2, 0.25) is 5.91 Å². The highest BCUT2D eigenvalue weighted by atomic mass is 32.1. The number of anilines is 2. The van der Waals surface area contributed by atoms with Gasteiger partial charge in [0.1, 0.15) is 10.7 Å². The maximum Gasteiger partial charge on any atom is 0.267 e. The Morgan fingerprint density at radius 3 is 2.96 bits per heavy atom. The minimum atomic E-state index is -0.144. The van der Waals surface area contributed by atoms with E-state index in [9.17, 15) is 9.59 Å². The second-order valence-electron chi connectivity index (χ2n) is 6.80. The Labute approximate surface area is 155 Å². The molecule has 136 valence electrons. The zero-order chi connectivity index (χ0) is 18.1. The Morgan fingerprint density at radius 2 is 2.27 bits per heavy atom. The molecule has 1 saturated heterocycles. The fraction of sp³-hybridized carbons (Fsp3) is 0.444. The summed E-state index contributed by atoms with van der Waals surface area (Å²) < 4.78 is 0. The monoisotopic (exact) mass is 371 g/mol. The van der Waals surface area contributed by atoms with Gasteiger partial charge < -0.3 is 15.5 Å². The molecule has 7 nitrogen and oxygen atoms in total. The van der Waals surface area contributed by atoms with Crippen molar-refractivity contribution < 1.29 is 9.59 Å². The van der Waals surface area contributed by atoms with Crippen LogP contribution in [0.3, 0.4) is 0 Å². The van der Waals surface area contributed by atoms with E-state index < -0.39 is 0 Å². The van der Waals surface area contributed by atoms with Gasteiger partial charge in [0.25, 0.3) is 5.91 Å². The van der Waals surface area contributed by atoms with E-state index >= 15 is 0 Å². The first-order chi connectivity index (χ1) is 12.6. The Balaban J connectivity index is 1.41. The van der Waals surface area contributed by atoms with Crippen molar-refractivity contribution in [2.45, 2.75) is 26.2 Å². The number of hydrogen-bond acceptors (Lipinski definition) is 6. The number of hydrogen-bond donors (Lipinski definition) is 2. The molecule has 3 heterocycles. The quantitative estimate of drug-likeness (QED) is 0.839. The van der Waals surface area contributed by atoms with Crippen LogP contribution in [-0.4, -0.2) is 41.4 Å². The molecule has 8 heteroatoms. The van der Waals surface area contributed by atoms with Gasteiger partial charge in [0.15, 0.2) is 0 Å². The van der Waals surface area contributed by atoms with Crippen LogP contribution in [0.5, 0.6) is 0 Å². The normalized spacial score (nSPS) is 17.1. The van der Waals surface area contributed by atoms with Crippen molar-refractivity contribution >= 4 is 34.7 Å². The van der Waals surface area contributed by atoms with Gasteiger partial charge in [0, 0.05) is 19.5 Å². The van der Waals surface area contributed by atoms with Gasteiger partial charge in [-0.15, -0.1) is 11.3 Å². The number of thiazole rings is 1. The summed E-state index contributed by atoms with van der Waals surface area (Å²) >= 11 is 1.49. The average molecular weight is 371 g/mol. The number of nitrogens with zero attached hydrogens (tertiary/aromatic N) is 3. The van der Waals surface area contributed by atoms with E-state index in [1.54, 1.807) is 6.20 Å². The lowest BCUT2D eigenvalue weighted by Gasteiger charge is -2.27. The number of nitrogens with one attached hydrogen (secondary N) is 2. The summed E-state index contributed by atoms with van der Waals surface area (Å²) in [5.41, 5.74) is 1.42. The van der Waals surface area contributed by atoms with Crippen molar-refractivity contribution in [3.63, 3.8) is 0 Å². The lowest BCUT2D eigenvalue weighted by Crippen LogP contribution is -2.48. The molecule has 2 aliphatic rings. The van der Waals surface area contributed by atoms with Crippen molar-refractivity contribution in [2.75, 3.05) is 29.9 Å². The maximum atomic E-state index is 12.5. The molecule has 2 N–H and O–H groups in total. The minimum absolute atomic E-state index is 0.00176. The Morgan fingerprint density at radius 1 is 1.42 bits per heavy atom. The lowest BCUT2D eigenvalue weighted by atomic mass is 10.3. The number of carbonyl (C=O) groups is 2. The van der Waals surface area contributed by atoms with E-state index in [-0.39, 0.29) is 11.8 Å². The van der Waals surface area contributed by atoms with Gasteiger partial charge in [-0.05, 0) is 37.8 Å². The van der Waals surface area contributed by atoms with Crippen LogP contribution in [0.25, 0.3) is 0 Å². The molecule has 2 aromatic heterocycles. The number of rotatable bonds is 5. The topological polar surface area (TPSA) is 87.2 Å². The first-order valence-electron chi connectivity index (χ1n) is 8.84. The molecule has 1 saturated carbocycles. The number of carbonyl (C=O) groups excluding carboxylic acids is 2. The van der Waals surface area contributed by atoms with E-state index in [1.807, 2.05) is 24.0 Å². The predicted octanol–water partition coefficient (Wildman–Crippen LogP) is 1.99. The summed E-state index contributed by atoms with van der Waals surface area (Å²) in [4.78, 5) is 35.5. The Bertz CT molecular complexity index is 829. The smallest absolute Gasteiger partial charge is 0.267 e. The zero-order valence-corrected chi connectivity index (χ0v) is 15.4. The van der Waals surface area contributed by atoms with Crippen LogP contribution < -0.4 is 15.5 Å². The highest BCUT2D eigenvalue weighted by molar-refractivity contribution is 7.13. The van der Waals surface area contributed by atoms with Gasteiger partial charge in [-0.25, -0.2) is 9.97 Å². The number of aryl methyl sites for hydroxylation is 1. The largest absolute Gasteiger partial charge is 0.353 e. The molecule has 0 spiro atoms. The van der Waals surface area contributed by atoms with E-state index in [2.05, 4.69) is 20.6 Å². The fourth-order valence-electron chi connectivity index (χ4n) is 2.99. The summed E-state index contributed by atoms with van der Waals surface area (Å²) in [5, 5.41) is 6.73. The second-order valence-corrected chi connectivity index (χ2v) is 7.88. The van der Waals surface area contributed by atoms with Crippen molar-refractivity contribution in [1.29, 1.82) is 0 Å². The van der Waals surface area contributed by atoms with Gasteiger partial charge in [-0.2, -0.15) is 0 Å². The first kappa shape index (κ1) is 17.0. The van der Waals surface area contributed by atoms with Gasteiger partial charge >= 0.3 is 0 Å². The van der Waals surface area contributed by atoms with Gasteiger partial charge in [-0.3, -0.25) is 9.59 Å². The molecular weight excluding hydrogens is 350 g/mol. The van der Waals surface area contributed by atoms with Crippen molar-refractivity contribution in [3.8, 4) is 0 Å². The molecule has 2 amide bonds. The van der Waals surface area contributed by atoms with Crippen LogP contribution in [0.4, 0.5) is 11.5 Å². The number of pyridine rings is 1. The summed E-state index contributed by atoms with van der Waals surface area (Å²) in [6.07, 6.45) is 5.16. The average Bonchev–Trinajstić information content (AvgIpc) is 3.36. The standard InChI is InChI=1S/C18H21N5O2S/c1-11-17(26-16(21-11)8-12-2-3-12)18(25)22-13-4-5-14(20-9-13)23-7-6-19-15(24)10-23/h4-5,9,12H,2-3,6-8,10H2,1H3,(H,19,24)(H,22,25). The SMILES string of the molecule is Cc1nc(CC2CC2)sc1C(=O)Nc1ccc(N2CCNC(=O)C2)nc1. The van der Waals surface area contributed by atoms with E-state index in [0.717, 1.165) is 35.4 Å². The van der Waals surface area contributed by atoms with Crippen molar-refractivity contribution in [3.05, 3.63) is 33.9 Å². The highest BCUT2D eigenvalue weighted by Gasteiger charge is 2.25. The molecule has 1 aliphatic heterocycles. The Kier molecular flexibility index (Phi) is 4.58. The summed E-state index contributed by atoms with van der Waals surface area (Å²) in [6, 6.07) is 3.64. The molecule has 2 fully saturated rings. The molecular formula is C18H21N5O2S. The fourth-order valence-corrected chi connectivity index (χ4v) is 4.06. The molecule has 0 aromatic carbocycles. The second kappa shape index (κ2) is 7.03. The van der Waals surface area contributed by atoms with E-state index in [4.69, 9.17) is 0 Å². The maximum absolute atomic E-state index is 12.5. The lowest BCUT2D eigenvalue weighted by molar-refractivity contribution is -0.120. The molecule has 0 bridgehead atoms. The highest BCUT2D eigenvalue weighted by Crippen LogP contribution is 2.34. The molecule has 2 aromatic rings. The number of amides is 2. The van der Waals surface area contributed by atoms with Crippen LogP contribution >= 0.6 is 11.3 Å². The van der Waals surface area contributed by atoms with E-state index in [1.165, 1.54) is 24.2 Å². The predicted molar refractivity (Wildman–Crippen MR) is 101 cm³/mol. The van der Waals surface area contributed by atoms with Crippen molar-refractivity contribution in [2.24, 2.45) is 5.92 Å². The summed E-state index contributed by atoms with van der Waals surface area (Å²) in [7, 11) is 0. The minimum Gasteiger partial charge on any atom is -0.353 e. The zero-order valence-electron chi connectivity index (χ0n) is 14.6. The van der Waals surface area contributed by atoms with E-state index in [0.29, 0.717) is 23.7 Å². The van der Waals surface area contributed by atoms with Crippen LogP contribution in [-0.2, 0) is 11.2 Å². The molecule has 1 aliphatic carbocycles. The van der Waals surface area contributed by atoms with Crippen LogP contribution in [0.2, 0.25) is 0 Å². The molecule has 0 atom stereocenters. The third-order valence-electron chi connectivity index (χ3n) is 4.58. The molecule has 4 rings (SSSR count). The summed E-state index contributed by atoms with van der Waals surface area (Å²) in [6.45, 7) is 3.54. The van der Waals surface area contributed by atoms with Crippen LogP contribution in [0.1, 0.15) is 33.2 Å².